The molecule has 0 saturated heterocycles. The predicted molar refractivity (Wildman–Crippen MR) is 78.8 cm³/mol. The van der Waals surface area contributed by atoms with E-state index >= 15 is 0 Å². The standard InChI is InChI=1S/C16H16N2O2/c1-17-15(11-6-4-3-5-7-11)12-8-9-13-14(10-12)20-16(19)18(13)2/h3-10,15,17H,1-2H3. The number of fused-ring (bicyclic) bond motifs is 1. The van der Waals surface area contributed by atoms with Crippen LogP contribution in [0.1, 0.15) is 17.2 Å². The van der Waals surface area contributed by atoms with E-state index < -0.39 is 0 Å². The molecule has 1 heterocycles. The topological polar surface area (TPSA) is 47.2 Å². The van der Waals surface area contributed by atoms with Crippen molar-refractivity contribution >= 4 is 11.1 Å². The number of benzene rings is 2. The molecule has 0 bridgehead atoms. The highest BCUT2D eigenvalue weighted by atomic mass is 16.4. The van der Waals surface area contributed by atoms with E-state index in [1.54, 1.807) is 7.05 Å². The Morgan fingerprint density at radius 2 is 1.85 bits per heavy atom. The SMILES string of the molecule is CNC(c1ccccc1)c1ccc2c(c1)oc(=O)n2C. The Balaban J connectivity index is 2.11. The molecule has 0 aliphatic carbocycles. The van der Waals surface area contributed by atoms with Crippen molar-refractivity contribution < 1.29 is 4.42 Å². The molecule has 4 nitrogen and oxygen atoms in total. The Labute approximate surface area is 116 Å². The molecule has 0 radical (unpaired) electrons. The van der Waals surface area contributed by atoms with Gasteiger partial charge in [0.1, 0.15) is 0 Å². The summed E-state index contributed by atoms with van der Waals surface area (Å²) in [6, 6.07) is 16.1. The summed E-state index contributed by atoms with van der Waals surface area (Å²) >= 11 is 0. The molecule has 3 rings (SSSR count). The fraction of sp³-hybridized carbons (Fsp3) is 0.188. The second-order valence-corrected chi connectivity index (χ2v) is 4.79. The molecule has 3 aromatic rings. The summed E-state index contributed by atoms with van der Waals surface area (Å²) in [7, 11) is 3.63. The molecule has 2 aromatic carbocycles. The summed E-state index contributed by atoms with van der Waals surface area (Å²) in [5.41, 5.74) is 3.67. The molecule has 102 valence electrons. The van der Waals surface area contributed by atoms with Crippen molar-refractivity contribution in [2.24, 2.45) is 7.05 Å². The summed E-state index contributed by atoms with van der Waals surface area (Å²) in [6.45, 7) is 0. The molecule has 0 saturated carbocycles. The molecule has 1 unspecified atom stereocenters. The Morgan fingerprint density at radius 1 is 1.10 bits per heavy atom. The van der Waals surface area contributed by atoms with Crippen molar-refractivity contribution in [3.8, 4) is 0 Å². The average Bonchev–Trinajstić information content (AvgIpc) is 2.76. The number of aromatic nitrogens is 1. The van der Waals surface area contributed by atoms with Crippen LogP contribution in [-0.2, 0) is 7.05 Å². The van der Waals surface area contributed by atoms with Crippen molar-refractivity contribution in [1.82, 2.24) is 9.88 Å². The van der Waals surface area contributed by atoms with E-state index in [-0.39, 0.29) is 11.8 Å². The van der Waals surface area contributed by atoms with E-state index in [9.17, 15) is 4.79 Å². The average molecular weight is 268 g/mol. The van der Waals surface area contributed by atoms with Gasteiger partial charge in [-0.2, -0.15) is 0 Å². The Morgan fingerprint density at radius 3 is 2.55 bits per heavy atom. The minimum Gasteiger partial charge on any atom is -0.408 e. The van der Waals surface area contributed by atoms with Gasteiger partial charge >= 0.3 is 5.76 Å². The number of aryl methyl sites for hydroxylation is 1. The lowest BCUT2D eigenvalue weighted by Crippen LogP contribution is -2.17. The molecular formula is C16H16N2O2. The first kappa shape index (κ1) is 12.7. The molecule has 0 amide bonds. The van der Waals surface area contributed by atoms with Crippen LogP contribution < -0.4 is 11.1 Å². The van der Waals surface area contributed by atoms with Crippen LogP contribution in [-0.4, -0.2) is 11.6 Å². The van der Waals surface area contributed by atoms with Gasteiger partial charge in [-0.1, -0.05) is 36.4 Å². The number of rotatable bonds is 3. The lowest BCUT2D eigenvalue weighted by molar-refractivity contribution is 0.527. The molecule has 4 heteroatoms. The van der Waals surface area contributed by atoms with Crippen LogP contribution in [0.4, 0.5) is 0 Å². The van der Waals surface area contributed by atoms with Gasteiger partial charge in [0.25, 0.3) is 0 Å². The smallest absolute Gasteiger partial charge is 0.408 e. The predicted octanol–water partition coefficient (Wildman–Crippen LogP) is 2.44. The van der Waals surface area contributed by atoms with Crippen LogP contribution in [0.2, 0.25) is 0 Å². The fourth-order valence-electron chi connectivity index (χ4n) is 2.50. The van der Waals surface area contributed by atoms with E-state index in [2.05, 4.69) is 17.4 Å². The summed E-state index contributed by atoms with van der Waals surface area (Å²) in [6.07, 6.45) is 0. The molecule has 20 heavy (non-hydrogen) atoms. The lowest BCUT2D eigenvalue weighted by Gasteiger charge is -2.17. The molecule has 1 N–H and O–H groups in total. The summed E-state index contributed by atoms with van der Waals surface area (Å²) < 4.78 is 6.76. The second-order valence-electron chi connectivity index (χ2n) is 4.79. The number of nitrogens with zero attached hydrogens (tertiary/aromatic N) is 1. The van der Waals surface area contributed by atoms with Crippen molar-refractivity contribution in [2.45, 2.75) is 6.04 Å². The zero-order chi connectivity index (χ0) is 14.1. The Kier molecular flexibility index (Phi) is 3.16. The van der Waals surface area contributed by atoms with E-state index in [0.29, 0.717) is 5.58 Å². The summed E-state index contributed by atoms with van der Waals surface area (Å²) in [4.78, 5) is 11.5. The van der Waals surface area contributed by atoms with Gasteiger partial charge in [0.05, 0.1) is 11.6 Å². The van der Waals surface area contributed by atoms with Gasteiger partial charge in [0.15, 0.2) is 5.58 Å². The monoisotopic (exact) mass is 268 g/mol. The number of nitrogens with one attached hydrogen (secondary N) is 1. The maximum absolute atomic E-state index is 11.5. The van der Waals surface area contributed by atoms with Crippen molar-refractivity contribution in [2.75, 3.05) is 7.05 Å². The van der Waals surface area contributed by atoms with Gasteiger partial charge in [0, 0.05) is 7.05 Å². The highest BCUT2D eigenvalue weighted by Crippen LogP contribution is 2.24. The molecule has 0 fully saturated rings. The van der Waals surface area contributed by atoms with Crippen LogP contribution in [0.15, 0.2) is 57.7 Å². The molecule has 0 aliphatic heterocycles. The van der Waals surface area contributed by atoms with Gasteiger partial charge in [-0.15, -0.1) is 0 Å². The maximum Gasteiger partial charge on any atom is 0.419 e. The highest BCUT2D eigenvalue weighted by molar-refractivity contribution is 5.74. The van der Waals surface area contributed by atoms with E-state index in [1.165, 1.54) is 10.1 Å². The zero-order valence-corrected chi connectivity index (χ0v) is 11.5. The molecule has 0 spiro atoms. The highest BCUT2D eigenvalue weighted by Gasteiger charge is 2.14. The Bertz CT molecular complexity index is 787. The molecule has 1 atom stereocenters. The number of hydrogen-bond acceptors (Lipinski definition) is 3. The summed E-state index contributed by atoms with van der Waals surface area (Å²) in [5, 5.41) is 3.29. The number of hydrogen-bond donors (Lipinski definition) is 1. The van der Waals surface area contributed by atoms with Gasteiger partial charge in [0.2, 0.25) is 0 Å². The van der Waals surface area contributed by atoms with Gasteiger partial charge in [-0.25, -0.2) is 4.79 Å². The van der Waals surface area contributed by atoms with Crippen LogP contribution in [0.3, 0.4) is 0 Å². The van der Waals surface area contributed by atoms with E-state index in [4.69, 9.17) is 4.42 Å². The minimum atomic E-state index is -0.335. The normalized spacial score (nSPS) is 12.7. The largest absolute Gasteiger partial charge is 0.419 e. The first-order valence-electron chi connectivity index (χ1n) is 6.52. The van der Waals surface area contributed by atoms with Crippen LogP contribution in [0, 0.1) is 0 Å². The zero-order valence-electron chi connectivity index (χ0n) is 11.5. The maximum atomic E-state index is 11.5. The van der Waals surface area contributed by atoms with Crippen molar-refractivity contribution in [3.63, 3.8) is 0 Å². The Hall–Kier alpha value is -2.33. The second kappa shape index (κ2) is 4.98. The first-order chi connectivity index (χ1) is 9.70. The third kappa shape index (κ3) is 2.04. The third-order valence-corrected chi connectivity index (χ3v) is 3.57. The minimum absolute atomic E-state index is 0.0751. The quantitative estimate of drug-likeness (QED) is 0.793. The van der Waals surface area contributed by atoms with Crippen LogP contribution in [0.5, 0.6) is 0 Å². The lowest BCUT2D eigenvalue weighted by atomic mass is 9.99. The van der Waals surface area contributed by atoms with E-state index in [0.717, 1.165) is 11.1 Å². The van der Waals surface area contributed by atoms with Gasteiger partial charge in [-0.05, 0) is 30.3 Å². The molecule has 1 aromatic heterocycles. The first-order valence-corrected chi connectivity index (χ1v) is 6.52. The van der Waals surface area contributed by atoms with Gasteiger partial charge in [-0.3, -0.25) is 4.57 Å². The van der Waals surface area contributed by atoms with Gasteiger partial charge < -0.3 is 9.73 Å². The van der Waals surface area contributed by atoms with Crippen molar-refractivity contribution in [1.29, 1.82) is 0 Å². The van der Waals surface area contributed by atoms with E-state index in [1.807, 2.05) is 43.4 Å². The van der Waals surface area contributed by atoms with Crippen molar-refractivity contribution in [3.05, 3.63) is 70.2 Å². The fourth-order valence-corrected chi connectivity index (χ4v) is 2.50. The molecular weight excluding hydrogens is 252 g/mol. The number of oxazole rings is 1. The van der Waals surface area contributed by atoms with Crippen LogP contribution >= 0.6 is 0 Å². The third-order valence-electron chi connectivity index (χ3n) is 3.57. The molecule has 0 aliphatic rings. The van der Waals surface area contributed by atoms with Crippen LogP contribution in [0.25, 0.3) is 11.1 Å². The summed E-state index contributed by atoms with van der Waals surface area (Å²) in [5.74, 6) is -0.335.